The summed E-state index contributed by atoms with van der Waals surface area (Å²) in [6.07, 6.45) is 1.23. The fourth-order valence-electron chi connectivity index (χ4n) is 2.14. The standard InChI is InChI=1S/C13H17BN2O6S/c17-11(18)7-8-3-1-5-10(14(20)22-8)15-13(19)12(16-21)9-4-2-6-23-9/h1-4,6,8,10-11,17-18,20-21H,5,7H2,(H,15,19)/b16-12+/t8-,10+/m1/s1. The van der Waals surface area contributed by atoms with Crippen LogP contribution < -0.4 is 5.32 Å². The van der Waals surface area contributed by atoms with E-state index in [-0.39, 0.29) is 18.6 Å². The number of aliphatic hydroxyl groups is 2. The molecule has 1 aromatic heterocycles. The van der Waals surface area contributed by atoms with E-state index in [9.17, 15) is 9.82 Å². The number of carbonyl (C=O) groups is 1. The quantitative estimate of drug-likeness (QED) is 0.122. The number of hydrogen-bond donors (Lipinski definition) is 5. The molecular formula is C13H17BN2O6S. The lowest BCUT2D eigenvalue weighted by Crippen LogP contribution is -2.50. The van der Waals surface area contributed by atoms with Crippen LogP contribution in [0, 0.1) is 0 Å². The van der Waals surface area contributed by atoms with Gasteiger partial charge in [0.15, 0.2) is 12.0 Å². The van der Waals surface area contributed by atoms with Gasteiger partial charge in [-0.15, -0.1) is 11.3 Å². The largest absolute Gasteiger partial charge is 0.478 e. The van der Waals surface area contributed by atoms with Crippen LogP contribution in [-0.2, 0) is 9.45 Å². The molecule has 2 rings (SSSR count). The topological polar surface area (TPSA) is 132 Å². The zero-order chi connectivity index (χ0) is 16.8. The highest BCUT2D eigenvalue weighted by atomic mass is 32.1. The third kappa shape index (κ3) is 4.88. The number of oxime groups is 1. The maximum Gasteiger partial charge on any atom is 0.478 e. The molecule has 2 atom stereocenters. The highest BCUT2D eigenvalue weighted by Gasteiger charge is 2.33. The van der Waals surface area contributed by atoms with Crippen molar-refractivity contribution in [1.82, 2.24) is 5.32 Å². The van der Waals surface area contributed by atoms with Crippen molar-refractivity contribution in [2.75, 3.05) is 0 Å². The molecule has 0 spiro atoms. The SMILES string of the molecule is O=C(N[C@H]1CC=C[C@H](CC(O)O)OB1O)/C(=N/O)c1cccs1. The molecule has 1 aromatic rings. The van der Waals surface area contributed by atoms with Gasteiger partial charge in [-0.05, 0) is 17.9 Å². The van der Waals surface area contributed by atoms with E-state index in [4.69, 9.17) is 20.1 Å². The van der Waals surface area contributed by atoms with Gasteiger partial charge in [-0.3, -0.25) is 4.79 Å². The number of aliphatic hydroxyl groups excluding tert-OH is 1. The Bertz CT molecular complexity index is 577. The predicted molar refractivity (Wildman–Crippen MR) is 84.0 cm³/mol. The number of rotatable bonds is 5. The molecule has 1 aliphatic heterocycles. The Morgan fingerprint density at radius 2 is 2.35 bits per heavy atom. The average Bonchev–Trinajstić information content (AvgIpc) is 2.94. The number of nitrogens with one attached hydrogen (secondary N) is 1. The van der Waals surface area contributed by atoms with Crippen LogP contribution in [-0.4, -0.2) is 57.5 Å². The first-order chi connectivity index (χ1) is 11.0. The van der Waals surface area contributed by atoms with E-state index < -0.39 is 31.4 Å². The molecule has 0 fully saturated rings. The highest BCUT2D eigenvalue weighted by molar-refractivity contribution is 7.13. The molecule has 0 bridgehead atoms. The Morgan fingerprint density at radius 3 is 2.96 bits per heavy atom. The first kappa shape index (κ1) is 17.6. The van der Waals surface area contributed by atoms with Gasteiger partial charge in [-0.25, -0.2) is 0 Å². The van der Waals surface area contributed by atoms with Gasteiger partial charge in [0.2, 0.25) is 0 Å². The maximum atomic E-state index is 12.2. The molecule has 23 heavy (non-hydrogen) atoms. The maximum absolute atomic E-state index is 12.2. The Balaban J connectivity index is 2.00. The summed E-state index contributed by atoms with van der Waals surface area (Å²) in [5.41, 5.74) is -0.150. The van der Waals surface area contributed by atoms with Crippen LogP contribution >= 0.6 is 11.3 Å². The van der Waals surface area contributed by atoms with Crippen LogP contribution in [0.1, 0.15) is 17.7 Å². The van der Waals surface area contributed by atoms with Crippen LogP contribution in [0.25, 0.3) is 0 Å². The fraction of sp³-hybridized carbons (Fsp3) is 0.385. The lowest BCUT2D eigenvalue weighted by Gasteiger charge is -2.21. The summed E-state index contributed by atoms with van der Waals surface area (Å²) in [5.74, 6) is -1.40. The van der Waals surface area contributed by atoms with Gasteiger partial charge in [0, 0.05) is 6.42 Å². The van der Waals surface area contributed by atoms with E-state index in [1.54, 1.807) is 29.7 Å². The van der Waals surface area contributed by atoms with E-state index in [1.165, 1.54) is 11.3 Å². The van der Waals surface area contributed by atoms with Crippen molar-refractivity contribution in [3.05, 3.63) is 34.5 Å². The van der Waals surface area contributed by atoms with Gasteiger partial charge in [0.05, 0.1) is 16.9 Å². The van der Waals surface area contributed by atoms with E-state index in [1.807, 2.05) is 0 Å². The van der Waals surface area contributed by atoms with Crippen molar-refractivity contribution < 1.29 is 29.9 Å². The third-order valence-corrected chi connectivity index (χ3v) is 4.11. The number of thiophene rings is 1. The van der Waals surface area contributed by atoms with Gasteiger partial charge in [0.25, 0.3) is 5.91 Å². The molecule has 0 unspecified atom stereocenters. The van der Waals surface area contributed by atoms with Crippen LogP contribution in [0.3, 0.4) is 0 Å². The summed E-state index contributed by atoms with van der Waals surface area (Å²) in [5, 5.41) is 44.3. The van der Waals surface area contributed by atoms with Crippen molar-refractivity contribution in [2.45, 2.75) is 31.2 Å². The second-order valence-corrected chi connectivity index (χ2v) is 5.90. The van der Waals surface area contributed by atoms with Gasteiger partial charge >= 0.3 is 7.12 Å². The van der Waals surface area contributed by atoms with Crippen LogP contribution in [0.15, 0.2) is 34.8 Å². The number of carbonyl (C=O) groups excluding carboxylic acids is 1. The molecule has 0 saturated heterocycles. The van der Waals surface area contributed by atoms with Crippen LogP contribution in [0.4, 0.5) is 0 Å². The summed E-state index contributed by atoms with van der Waals surface area (Å²) < 4.78 is 5.27. The number of nitrogens with zero attached hydrogens (tertiary/aromatic N) is 1. The third-order valence-electron chi connectivity index (χ3n) is 3.23. The van der Waals surface area contributed by atoms with Gasteiger partial charge in [-0.1, -0.05) is 23.4 Å². The van der Waals surface area contributed by atoms with E-state index in [0.717, 1.165) is 0 Å². The number of hydrogen-bond acceptors (Lipinski definition) is 8. The Hall–Kier alpha value is -1.72. The Morgan fingerprint density at radius 1 is 1.57 bits per heavy atom. The molecule has 1 aliphatic rings. The monoisotopic (exact) mass is 340 g/mol. The van der Waals surface area contributed by atoms with Crippen molar-refractivity contribution in [2.24, 2.45) is 5.16 Å². The Labute approximate surface area is 136 Å². The lowest BCUT2D eigenvalue weighted by atomic mass is 9.77. The van der Waals surface area contributed by atoms with Gasteiger partial charge in [-0.2, -0.15) is 0 Å². The number of amides is 1. The summed E-state index contributed by atoms with van der Waals surface area (Å²) in [4.78, 5) is 12.7. The average molecular weight is 340 g/mol. The summed E-state index contributed by atoms with van der Waals surface area (Å²) >= 11 is 1.24. The fourth-order valence-corrected chi connectivity index (χ4v) is 2.85. The van der Waals surface area contributed by atoms with Crippen molar-refractivity contribution in [3.63, 3.8) is 0 Å². The zero-order valence-electron chi connectivity index (χ0n) is 12.1. The van der Waals surface area contributed by atoms with Crippen molar-refractivity contribution in [1.29, 1.82) is 0 Å². The first-order valence-corrected chi connectivity index (χ1v) is 7.82. The van der Waals surface area contributed by atoms with Gasteiger partial charge in [0.1, 0.15) is 0 Å². The van der Waals surface area contributed by atoms with E-state index in [2.05, 4.69) is 10.5 Å². The second-order valence-electron chi connectivity index (χ2n) is 4.95. The molecule has 0 aromatic carbocycles. The van der Waals surface area contributed by atoms with Crippen molar-refractivity contribution in [3.8, 4) is 0 Å². The van der Waals surface area contributed by atoms with Crippen molar-refractivity contribution >= 4 is 30.1 Å². The lowest BCUT2D eigenvalue weighted by molar-refractivity contribution is -0.115. The van der Waals surface area contributed by atoms with Crippen LogP contribution in [0.2, 0.25) is 0 Å². The molecule has 0 saturated carbocycles. The zero-order valence-corrected chi connectivity index (χ0v) is 12.9. The molecular weight excluding hydrogens is 323 g/mol. The molecule has 2 heterocycles. The molecule has 0 radical (unpaired) electrons. The summed E-state index contributed by atoms with van der Waals surface area (Å²) in [6.45, 7) is 0. The van der Waals surface area contributed by atoms with E-state index >= 15 is 0 Å². The minimum absolute atomic E-state index is 0.0905. The molecule has 8 nitrogen and oxygen atoms in total. The minimum atomic E-state index is -1.56. The summed E-state index contributed by atoms with van der Waals surface area (Å²) in [6, 6.07) is 3.35. The normalized spacial score (nSPS) is 22.3. The van der Waals surface area contributed by atoms with Crippen LogP contribution in [0.5, 0.6) is 0 Å². The second kappa shape index (κ2) is 8.23. The molecule has 1 amide bonds. The smallest absolute Gasteiger partial charge is 0.426 e. The molecule has 0 aliphatic carbocycles. The minimum Gasteiger partial charge on any atom is -0.426 e. The van der Waals surface area contributed by atoms with E-state index in [0.29, 0.717) is 4.88 Å². The van der Waals surface area contributed by atoms with Gasteiger partial charge < -0.3 is 30.4 Å². The summed E-state index contributed by atoms with van der Waals surface area (Å²) in [7, 11) is -1.33. The predicted octanol–water partition coefficient (Wildman–Crippen LogP) is -0.523. The molecule has 5 N–H and O–H groups in total. The Kier molecular flexibility index (Phi) is 6.31. The highest BCUT2D eigenvalue weighted by Crippen LogP contribution is 2.15. The molecule has 10 heteroatoms. The first-order valence-electron chi connectivity index (χ1n) is 6.94. The molecule has 124 valence electrons.